The Morgan fingerprint density at radius 1 is 1.26 bits per heavy atom. The summed E-state index contributed by atoms with van der Waals surface area (Å²) < 4.78 is 6.51. The first kappa shape index (κ1) is 16.1. The van der Waals surface area contributed by atoms with E-state index in [0.717, 1.165) is 28.6 Å². The quantitative estimate of drug-likeness (QED) is 0.892. The van der Waals surface area contributed by atoms with Crippen molar-refractivity contribution < 1.29 is 9.53 Å². The minimum Gasteiger partial charge on any atom is -0.381 e. The Labute approximate surface area is 144 Å². The molecule has 1 amide bonds. The maximum Gasteiger partial charge on any atom is 0.253 e. The predicted molar refractivity (Wildman–Crippen MR) is 92.3 cm³/mol. The topological polar surface area (TPSA) is 51.2 Å². The number of aromatic nitrogens is 1. The first-order chi connectivity index (χ1) is 11.1. The summed E-state index contributed by atoms with van der Waals surface area (Å²) in [5.41, 5.74) is 2.18. The number of halogens is 1. The summed E-state index contributed by atoms with van der Waals surface area (Å²) >= 11 is 3.52. The Hall–Kier alpha value is -1.72. The van der Waals surface area contributed by atoms with Crippen molar-refractivity contribution in [3.63, 3.8) is 0 Å². The SMILES string of the molecule is Cc1ccc(C(=O)NC2(c3cccc(Br)c3)CCOCC2)cn1. The molecule has 1 aromatic heterocycles. The molecule has 5 heteroatoms. The van der Waals surface area contributed by atoms with E-state index in [1.807, 2.05) is 31.2 Å². The van der Waals surface area contributed by atoms with Crippen LogP contribution in [0.15, 0.2) is 47.1 Å². The molecule has 1 aromatic carbocycles. The van der Waals surface area contributed by atoms with Gasteiger partial charge in [-0.05, 0) is 49.6 Å². The van der Waals surface area contributed by atoms with Gasteiger partial charge >= 0.3 is 0 Å². The van der Waals surface area contributed by atoms with E-state index in [9.17, 15) is 4.79 Å². The molecule has 2 heterocycles. The highest BCUT2D eigenvalue weighted by molar-refractivity contribution is 9.10. The van der Waals surface area contributed by atoms with E-state index in [2.05, 4.69) is 38.4 Å². The van der Waals surface area contributed by atoms with Crippen molar-refractivity contribution >= 4 is 21.8 Å². The van der Waals surface area contributed by atoms with Crippen LogP contribution in [0.5, 0.6) is 0 Å². The van der Waals surface area contributed by atoms with Gasteiger partial charge in [-0.15, -0.1) is 0 Å². The van der Waals surface area contributed by atoms with Crippen LogP contribution < -0.4 is 5.32 Å². The van der Waals surface area contributed by atoms with Gasteiger partial charge in [0.25, 0.3) is 5.91 Å². The van der Waals surface area contributed by atoms with Gasteiger partial charge in [0.05, 0.1) is 11.1 Å². The number of carbonyl (C=O) groups excluding carboxylic acids is 1. The average molecular weight is 375 g/mol. The van der Waals surface area contributed by atoms with Gasteiger partial charge in [-0.1, -0.05) is 28.1 Å². The highest BCUT2D eigenvalue weighted by Crippen LogP contribution is 2.33. The van der Waals surface area contributed by atoms with Crippen LogP contribution in [0.3, 0.4) is 0 Å². The standard InChI is InChI=1S/C18H19BrN2O2/c1-13-5-6-14(12-20-13)17(22)21-18(7-9-23-10-8-18)15-3-2-4-16(19)11-15/h2-6,11-12H,7-10H2,1H3,(H,21,22). The molecule has 2 aromatic rings. The van der Waals surface area contributed by atoms with E-state index >= 15 is 0 Å². The molecule has 0 aliphatic carbocycles. The zero-order valence-corrected chi connectivity index (χ0v) is 14.6. The molecular weight excluding hydrogens is 356 g/mol. The second-order valence-corrected chi connectivity index (χ2v) is 6.76. The molecule has 1 aliphatic rings. The average Bonchev–Trinajstić information content (AvgIpc) is 2.56. The van der Waals surface area contributed by atoms with Crippen LogP contribution in [-0.4, -0.2) is 24.1 Å². The van der Waals surface area contributed by atoms with Gasteiger partial charge in [-0.3, -0.25) is 9.78 Å². The molecule has 0 atom stereocenters. The van der Waals surface area contributed by atoms with Gasteiger partial charge in [-0.25, -0.2) is 0 Å². The van der Waals surface area contributed by atoms with Crippen LogP contribution in [0.1, 0.15) is 34.5 Å². The summed E-state index contributed by atoms with van der Waals surface area (Å²) in [6.45, 7) is 3.18. The third-order valence-corrected chi connectivity index (χ3v) is 4.74. The van der Waals surface area contributed by atoms with Crippen molar-refractivity contribution in [1.82, 2.24) is 10.3 Å². The highest BCUT2D eigenvalue weighted by Gasteiger charge is 2.36. The smallest absolute Gasteiger partial charge is 0.253 e. The molecule has 0 unspecified atom stereocenters. The van der Waals surface area contributed by atoms with Crippen molar-refractivity contribution in [3.05, 3.63) is 63.9 Å². The number of hydrogen-bond donors (Lipinski definition) is 1. The summed E-state index contributed by atoms with van der Waals surface area (Å²) in [7, 11) is 0. The minimum absolute atomic E-state index is 0.0978. The molecule has 4 nitrogen and oxygen atoms in total. The molecule has 0 bridgehead atoms. The number of rotatable bonds is 3. The van der Waals surface area contributed by atoms with Gasteiger partial charge in [0.15, 0.2) is 0 Å². The zero-order valence-electron chi connectivity index (χ0n) is 13.0. The van der Waals surface area contributed by atoms with Crippen molar-refractivity contribution in [3.8, 4) is 0 Å². The van der Waals surface area contributed by atoms with E-state index < -0.39 is 5.54 Å². The number of aryl methyl sites for hydroxylation is 1. The van der Waals surface area contributed by atoms with E-state index in [1.165, 1.54) is 0 Å². The highest BCUT2D eigenvalue weighted by atomic mass is 79.9. The Kier molecular flexibility index (Phi) is 4.78. The number of carbonyl (C=O) groups is 1. The van der Waals surface area contributed by atoms with Gasteiger partial charge in [-0.2, -0.15) is 0 Å². The lowest BCUT2D eigenvalue weighted by Crippen LogP contribution is -2.49. The van der Waals surface area contributed by atoms with Gasteiger partial charge in [0, 0.05) is 29.6 Å². The summed E-state index contributed by atoms with van der Waals surface area (Å²) in [6, 6.07) is 11.8. The van der Waals surface area contributed by atoms with E-state index in [4.69, 9.17) is 4.74 Å². The Bertz CT molecular complexity index is 694. The van der Waals surface area contributed by atoms with Crippen molar-refractivity contribution in [2.24, 2.45) is 0 Å². The molecule has 120 valence electrons. The molecular formula is C18H19BrN2O2. The Morgan fingerprint density at radius 3 is 2.70 bits per heavy atom. The van der Waals surface area contributed by atoms with Crippen LogP contribution in [0.25, 0.3) is 0 Å². The lowest BCUT2D eigenvalue weighted by Gasteiger charge is -2.38. The van der Waals surface area contributed by atoms with Crippen molar-refractivity contribution in [2.45, 2.75) is 25.3 Å². The molecule has 0 spiro atoms. The number of ether oxygens (including phenoxy) is 1. The van der Waals surface area contributed by atoms with Crippen LogP contribution in [-0.2, 0) is 10.3 Å². The molecule has 1 aliphatic heterocycles. The summed E-state index contributed by atoms with van der Waals surface area (Å²) in [5.74, 6) is -0.0978. The summed E-state index contributed by atoms with van der Waals surface area (Å²) in [5, 5.41) is 3.23. The number of benzene rings is 1. The number of nitrogens with zero attached hydrogens (tertiary/aromatic N) is 1. The number of pyridine rings is 1. The van der Waals surface area contributed by atoms with Gasteiger partial charge in [0.2, 0.25) is 0 Å². The zero-order chi connectivity index (χ0) is 16.3. The van der Waals surface area contributed by atoms with Crippen LogP contribution in [0.4, 0.5) is 0 Å². The van der Waals surface area contributed by atoms with Crippen LogP contribution >= 0.6 is 15.9 Å². The molecule has 23 heavy (non-hydrogen) atoms. The fraction of sp³-hybridized carbons (Fsp3) is 0.333. The Balaban J connectivity index is 1.90. The maximum absolute atomic E-state index is 12.7. The van der Waals surface area contributed by atoms with Gasteiger partial charge in [0.1, 0.15) is 0 Å². The lowest BCUT2D eigenvalue weighted by atomic mass is 9.82. The molecule has 0 radical (unpaired) electrons. The molecule has 3 rings (SSSR count). The third kappa shape index (κ3) is 3.62. The van der Waals surface area contributed by atoms with Crippen LogP contribution in [0, 0.1) is 6.92 Å². The second-order valence-electron chi connectivity index (χ2n) is 5.85. The number of hydrogen-bond acceptors (Lipinski definition) is 3. The predicted octanol–water partition coefficient (Wildman–Crippen LogP) is 3.59. The largest absolute Gasteiger partial charge is 0.381 e. The number of amides is 1. The minimum atomic E-state index is -0.399. The van der Waals surface area contributed by atoms with Crippen LogP contribution in [0.2, 0.25) is 0 Å². The van der Waals surface area contributed by atoms with E-state index in [0.29, 0.717) is 18.8 Å². The van der Waals surface area contributed by atoms with Crippen molar-refractivity contribution in [2.75, 3.05) is 13.2 Å². The maximum atomic E-state index is 12.7. The third-order valence-electron chi connectivity index (χ3n) is 4.25. The second kappa shape index (κ2) is 6.81. The fourth-order valence-corrected chi connectivity index (χ4v) is 3.28. The van der Waals surface area contributed by atoms with E-state index in [-0.39, 0.29) is 5.91 Å². The summed E-state index contributed by atoms with van der Waals surface area (Å²) in [4.78, 5) is 16.9. The summed E-state index contributed by atoms with van der Waals surface area (Å²) in [6.07, 6.45) is 3.14. The molecule has 1 saturated heterocycles. The number of nitrogens with one attached hydrogen (secondary N) is 1. The normalized spacial score (nSPS) is 16.8. The lowest BCUT2D eigenvalue weighted by molar-refractivity contribution is 0.0345. The molecule has 0 saturated carbocycles. The fourth-order valence-electron chi connectivity index (χ4n) is 2.88. The van der Waals surface area contributed by atoms with Gasteiger partial charge < -0.3 is 10.1 Å². The van der Waals surface area contributed by atoms with Crippen molar-refractivity contribution in [1.29, 1.82) is 0 Å². The Morgan fingerprint density at radius 2 is 2.04 bits per heavy atom. The monoisotopic (exact) mass is 374 g/mol. The first-order valence-electron chi connectivity index (χ1n) is 7.68. The molecule has 1 N–H and O–H groups in total. The molecule has 1 fully saturated rings. The van der Waals surface area contributed by atoms with E-state index in [1.54, 1.807) is 6.20 Å². The first-order valence-corrected chi connectivity index (χ1v) is 8.47.